The minimum absolute atomic E-state index is 0.0599. The van der Waals surface area contributed by atoms with Crippen LogP contribution in [0.3, 0.4) is 0 Å². The van der Waals surface area contributed by atoms with Gasteiger partial charge in [-0.2, -0.15) is 0 Å². The number of rotatable bonds is 13. The quantitative estimate of drug-likeness (QED) is 0.202. The number of amides is 2. The molecule has 3 rings (SSSR count). The van der Waals surface area contributed by atoms with Crippen molar-refractivity contribution in [1.29, 1.82) is 0 Å². The normalized spacial score (nSPS) is 31.1. The van der Waals surface area contributed by atoms with Crippen molar-refractivity contribution in [3.05, 3.63) is 25.3 Å². The van der Waals surface area contributed by atoms with Crippen LogP contribution in [0.1, 0.15) is 87.5 Å². The van der Waals surface area contributed by atoms with E-state index >= 15 is 0 Å². The van der Waals surface area contributed by atoms with Crippen LogP contribution in [0.4, 0.5) is 0 Å². The molecule has 8 nitrogen and oxygen atoms in total. The molecule has 0 aliphatic carbocycles. The fraction of sp³-hybridized carbons (Fsp3) is 0.781. The smallest absolute Gasteiger partial charge is 0.312 e. The number of hydrogen-bond acceptors (Lipinski definition) is 6. The van der Waals surface area contributed by atoms with E-state index in [1.54, 1.807) is 17.1 Å². The van der Waals surface area contributed by atoms with Gasteiger partial charge in [-0.1, -0.05) is 53.2 Å². The predicted octanol–water partition coefficient (Wildman–Crippen LogP) is 4.51. The first-order chi connectivity index (χ1) is 18.5. The standard InChI is InChI=1S/C32H52N2O6/c1-11-14-18-39-28(38)24-23-26(36)34(22(19-35)21(4)13-3)25(32(23)16-15-31(24,10)40-32)27(37)33(17-12-2)30(8,9)20-29(5,6)7/h11-12,21-25,35H,1-2,13-20H2,3-10H3/t21-,22-,23-,24-,25?,31+,32?/m0/s1. The molecule has 0 aromatic heterocycles. The van der Waals surface area contributed by atoms with Gasteiger partial charge in [-0.25, -0.2) is 0 Å². The summed E-state index contributed by atoms with van der Waals surface area (Å²) in [7, 11) is 0. The molecule has 40 heavy (non-hydrogen) atoms. The van der Waals surface area contributed by atoms with Gasteiger partial charge in [0.15, 0.2) is 0 Å². The van der Waals surface area contributed by atoms with Crippen LogP contribution >= 0.6 is 0 Å². The Hall–Kier alpha value is -2.19. The van der Waals surface area contributed by atoms with Crippen molar-refractivity contribution in [2.24, 2.45) is 23.2 Å². The molecule has 3 fully saturated rings. The van der Waals surface area contributed by atoms with E-state index in [4.69, 9.17) is 9.47 Å². The zero-order valence-corrected chi connectivity index (χ0v) is 26.0. The number of ether oxygens (including phenoxy) is 2. The predicted molar refractivity (Wildman–Crippen MR) is 155 cm³/mol. The van der Waals surface area contributed by atoms with Crippen molar-refractivity contribution >= 4 is 17.8 Å². The summed E-state index contributed by atoms with van der Waals surface area (Å²) in [5.74, 6) is -2.76. The molecule has 7 atom stereocenters. The molecular weight excluding hydrogens is 508 g/mol. The van der Waals surface area contributed by atoms with Gasteiger partial charge in [-0.15, -0.1) is 13.2 Å². The topological polar surface area (TPSA) is 96.4 Å². The molecular formula is C32H52N2O6. The van der Waals surface area contributed by atoms with Gasteiger partial charge >= 0.3 is 5.97 Å². The van der Waals surface area contributed by atoms with Crippen LogP contribution in [0.25, 0.3) is 0 Å². The second kappa shape index (κ2) is 11.6. The highest BCUT2D eigenvalue weighted by Gasteiger charge is 2.79. The van der Waals surface area contributed by atoms with Crippen LogP contribution in [-0.2, 0) is 23.9 Å². The van der Waals surface area contributed by atoms with Gasteiger partial charge in [0.1, 0.15) is 17.6 Å². The summed E-state index contributed by atoms with van der Waals surface area (Å²) in [5, 5.41) is 10.6. The SMILES string of the molecule is C=CCCOC(=O)[C@@H]1[C@H]2C(=O)N([C@@H](CO)[C@@H](C)CC)C(C(=O)N(CC=C)C(C)(C)CC(C)(C)C)C23CC[C@@]1(C)O3. The second-order valence-electron chi connectivity index (χ2n) is 14.1. The first-order valence-corrected chi connectivity index (χ1v) is 14.9. The number of aliphatic hydroxyl groups is 1. The Kier molecular flexibility index (Phi) is 9.37. The van der Waals surface area contributed by atoms with Crippen molar-refractivity contribution in [3.63, 3.8) is 0 Å². The van der Waals surface area contributed by atoms with E-state index in [0.717, 1.165) is 6.42 Å². The second-order valence-corrected chi connectivity index (χ2v) is 14.1. The van der Waals surface area contributed by atoms with E-state index in [-0.39, 0.29) is 36.4 Å². The number of carbonyl (C=O) groups is 3. The summed E-state index contributed by atoms with van der Waals surface area (Å²) in [5.41, 5.74) is -2.70. The summed E-state index contributed by atoms with van der Waals surface area (Å²) in [6.45, 7) is 24.2. The molecule has 1 spiro atoms. The Balaban J connectivity index is 2.17. The number of carbonyl (C=O) groups excluding carboxylic acids is 3. The Labute approximate surface area is 241 Å². The monoisotopic (exact) mass is 560 g/mol. The van der Waals surface area contributed by atoms with Gasteiger partial charge in [-0.3, -0.25) is 14.4 Å². The molecule has 2 bridgehead atoms. The van der Waals surface area contributed by atoms with Crippen LogP contribution < -0.4 is 0 Å². The Morgan fingerprint density at radius 3 is 2.40 bits per heavy atom. The van der Waals surface area contributed by atoms with Crippen molar-refractivity contribution in [2.75, 3.05) is 19.8 Å². The highest BCUT2D eigenvalue weighted by Crippen LogP contribution is 2.64. The largest absolute Gasteiger partial charge is 0.465 e. The van der Waals surface area contributed by atoms with Crippen molar-refractivity contribution in [1.82, 2.24) is 9.80 Å². The van der Waals surface area contributed by atoms with Crippen LogP contribution in [0.15, 0.2) is 25.3 Å². The van der Waals surface area contributed by atoms with Crippen molar-refractivity contribution < 1.29 is 29.0 Å². The van der Waals surface area contributed by atoms with E-state index in [1.165, 1.54) is 0 Å². The van der Waals surface area contributed by atoms with E-state index in [9.17, 15) is 19.5 Å². The molecule has 0 aromatic rings. The van der Waals surface area contributed by atoms with E-state index in [0.29, 0.717) is 32.2 Å². The van der Waals surface area contributed by atoms with Gasteiger partial charge in [-0.05, 0) is 57.8 Å². The highest BCUT2D eigenvalue weighted by molar-refractivity contribution is 5.99. The summed E-state index contributed by atoms with van der Waals surface area (Å²) in [4.78, 5) is 46.2. The van der Waals surface area contributed by atoms with Gasteiger partial charge in [0.05, 0.1) is 30.8 Å². The summed E-state index contributed by atoms with van der Waals surface area (Å²) in [6.07, 6.45) is 6.35. The third-order valence-corrected chi connectivity index (χ3v) is 9.39. The lowest BCUT2D eigenvalue weighted by Crippen LogP contribution is -2.63. The maximum absolute atomic E-state index is 14.9. The summed E-state index contributed by atoms with van der Waals surface area (Å²) < 4.78 is 12.4. The minimum atomic E-state index is -1.18. The summed E-state index contributed by atoms with van der Waals surface area (Å²) >= 11 is 0. The van der Waals surface area contributed by atoms with Crippen LogP contribution in [0.5, 0.6) is 0 Å². The molecule has 226 valence electrons. The van der Waals surface area contributed by atoms with Crippen LogP contribution in [0, 0.1) is 23.2 Å². The first kappa shape index (κ1) is 32.3. The lowest BCUT2D eigenvalue weighted by atomic mass is 9.66. The highest BCUT2D eigenvalue weighted by atomic mass is 16.6. The van der Waals surface area contributed by atoms with Gasteiger partial charge in [0, 0.05) is 12.1 Å². The lowest BCUT2D eigenvalue weighted by molar-refractivity contribution is -0.164. The zero-order chi connectivity index (χ0) is 30.3. The molecule has 0 aromatic carbocycles. The Morgan fingerprint density at radius 1 is 1.23 bits per heavy atom. The maximum atomic E-state index is 14.9. The number of aliphatic hydroxyl groups excluding tert-OH is 1. The molecule has 3 saturated heterocycles. The van der Waals surface area contributed by atoms with Gasteiger partial charge in [0.2, 0.25) is 11.8 Å². The van der Waals surface area contributed by atoms with E-state index < -0.39 is 46.6 Å². The molecule has 8 heteroatoms. The average Bonchev–Trinajstić information content (AvgIpc) is 3.42. The molecule has 2 unspecified atom stereocenters. The van der Waals surface area contributed by atoms with Crippen LogP contribution in [0.2, 0.25) is 0 Å². The van der Waals surface area contributed by atoms with Gasteiger partial charge < -0.3 is 24.4 Å². The fourth-order valence-electron chi connectivity index (χ4n) is 7.81. The third kappa shape index (κ3) is 5.50. The molecule has 0 radical (unpaired) electrons. The number of nitrogens with zero attached hydrogens (tertiary/aromatic N) is 2. The van der Waals surface area contributed by atoms with E-state index in [1.807, 2.05) is 39.5 Å². The summed E-state index contributed by atoms with van der Waals surface area (Å²) in [6, 6.07) is -1.56. The number of hydrogen-bond donors (Lipinski definition) is 1. The zero-order valence-electron chi connectivity index (χ0n) is 26.0. The average molecular weight is 561 g/mol. The fourth-order valence-corrected chi connectivity index (χ4v) is 7.81. The van der Waals surface area contributed by atoms with E-state index in [2.05, 4.69) is 33.9 Å². The molecule has 2 amide bonds. The maximum Gasteiger partial charge on any atom is 0.312 e. The third-order valence-electron chi connectivity index (χ3n) is 9.39. The molecule has 3 aliphatic heterocycles. The lowest BCUT2D eigenvalue weighted by Gasteiger charge is -2.47. The minimum Gasteiger partial charge on any atom is -0.465 e. The van der Waals surface area contributed by atoms with Crippen molar-refractivity contribution in [2.45, 2.75) is 116 Å². The van der Waals surface area contributed by atoms with Gasteiger partial charge in [0.25, 0.3) is 0 Å². The molecule has 0 saturated carbocycles. The molecule has 1 N–H and O–H groups in total. The number of esters is 1. The molecule has 3 aliphatic rings. The first-order valence-electron chi connectivity index (χ1n) is 14.9. The number of likely N-dealkylation sites (tertiary alicyclic amines) is 1. The Bertz CT molecular complexity index is 1000. The van der Waals surface area contributed by atoms with Crippen LogP contribution in [-0.4, -0.2) is 81.3 Å². The van der Waals surface area contributed by atoms with Crippen molar-refractivity contribution in [3.8, 4) is 0 Å². The number of fused-ring (bicyclic) bond motifs is 1. The Morgan fingerprint density at radius 2 is 1.88 bits per heavy atom. The molecule has 3 heterocycles.